The van der Waals surface area contributed by atoms with Crippen LogP contribution in [0.5, 0.6) is 5.75 Å². The van der Waals surface area contributed by atoms with E-state index in [4.69, 9.17) is 4.74 Å². The Labute approximate surface area is 145 Å². The summed E-state index contributed by atoms with van der Waals surface area (Å²) in [6.07, 6.45) is 0.383. The lowest BCUT2D eigenvalue weighted by molar-refractivity contribution is -0.130. The van der Waals surface area contributed by atoms with E-state index in [0.717, 1.165) is 16.8 Å². The van der Waals surface area contributed by atoms with E-state index in [-0.39, 0.29) is 11.7 Å². The smallest absolute Gasteiger partial charge is 0.273 e. The van der Waals surface area contributed by atoms with Crippen LogP contribution in [-0.4, -0.2) is 5.91 Å². The third-order valence-electron chi connectivity index (χ3n) is 4.38. The molecule has 1 N–H and O–H groups in total. The molecule has 0 spiro atoms. The van der Waals surface area contributed by atoms with E-state index >= 15 is 0 Å². The molecule has 3 aromatic rings. The molecule has 0 unspecified atom stereocenters. The summed E-state index contributed by atoms with van der Waals surface area (Å²) in [5.74, 6) is -0.119. The fraction of sp³-hybridized carbons (Fsp3) is 0.0952. The van der Waals surface area contributed by atoms with Crippen LogP contribution in [-0.2, 0) is 16.8 Å². The minimum absolute atomic E-state index is 0.220. The van der Waals surface area contributed by atoms with Crippen LogP contribution in [0.3, 0.4) is 0 Å². The first-order valence-corrected chi connectivity index (χ1v) is 8.07. The second-order valence-corrected chi connectivity index (χ2v) is 6.05. The number of carbonyl (C=O) groups excluding carboxylic acids is 1. The number of ether oxygens (including phenoxy) is 1. The summed E-state index contributed by atoms with van der Waals surface area (Å²) >= 11 is 0. The second-order valence-electron chi connectivity index (χ2n) is 6.05. The maximum absolute atomic E-state index is 13.2. The normalized spacial score (nSPS) is 18.5. The summed E-state index contributed by atoms with van der Waals surface area (Å²) in [5, 5.41) is 2.90. The number of benzene rings is 3. The van der Waals surface area contributed by atoms with Gasteiger partial charge in [-0.25, -0.2) is 4.39 Å². The van der Waals surface area contributed by atoms with Crippen molar-refractivity contribution in [1.29, 1.82) is 0 Å². The van der Waals surface area contributed by atoms with Crippen molar-refractivity contribution in [3.05, 3.63) is 95.8 Å². The van der Waals surface area contributed by atoms with E-state index < -0.39 is 5.60 Å². The van der Waals surface area contributed by atoms with Crippen LogP contribution < -0.4 is 10.1 Å². The molecule has 1 amide bonds. The minimum Gasteiger partial charge on any atom is -0.472 e. The molecule has 0 saturated heterocycles. The fourth-order valence-electron chi connectivity index (χ4n) is 3.19. The largest absolute Gasteiger partial charge is 0.472 e. The third kappa shape index (κ3) is 2.76. The highest BCUT2D eigenvalue weighted by Crippen LogP contribution is 2.41. The average molecular weight is 333 g/mol. The predicted octanol–water partition coefficient (Wildman–Crippen LogP) is 4.29. The van der Waals surface area contributed by atoms with Crippen LogP contribution >= 0.6 is 0 Å². The molecule has 0 aliphatic carbocycles. The molecule has 0 fully saturated rings. The molecule has 1 aliphatic heterocycles. The molecular weight excluding hydrogens is 317 g/mol. The van der Waals surface area contributed by atoms with Gasteiger partial charge in [0.15, 0.2) is 0 Å². The summed E-state index contributed by atoms with van der Waals surface area (Å²) in [7, 11) is 0. The van der Waals surface area contributed by atoms with Crippen LogP contribution in [0.15, 0.2) is 78.9 Å². The molecule has 3 nitrogen and oxygen atoms in total. The minimum atomic E-state index is -1.18. The number of carbonyl (C=O) groups is 1. The van der Waals surface area contributed by atoms with Gasteiger partial charge in [0.1, 0.15) is 11.6 Å². The molecule has 0 bridgehead atoms. The van der Waals surface area contributed by atoms with E-state index in [1.165, 1.54) is 24.3 Å². The van der Waals surface area contributed by atoms with Crippen LogP contribution in [0.25, 0.3) is 0 Å². The van der Waals surface area contributed by atoms with Gasteiger partial charge >= 0.3 is 0 Å². The zero-order chi connectivity index (χ0) is 17.3. The Hall–Kier alpha value is -3.14. The van der Waals surface area contributed by atoms with E-state index in [1.807, 2.05) is 54.6 Å². The number of anilines is 1. The number of fused-ring (bicyclic) bond motifs is 1. The lowest BCUT2D eigenvalue weighted by atomic mass is 9.88. The lowest BCUT2D eigenvalue weighted by Crippen LogP contribution is -2.42. The summed E-state index contributed by atoms with van der Waals surface area (Å²) in [6.45, 7) is 0. The van der Waals surface area contributed by atoms with Crippen LogP contribution in [0.2, 0.25) is 0 Å². The molecule has 0 radical (unpaired) electrons. The number of hydrogen-bond donors (Lipinski definition) is 1. The first kappa shape index (κ1) is 15.4. The molecule has 0 aromatic heterocycles. The maximum atomic E-state index is 13.2. The van der Waals surface area contributed by atoms with Crippen LogP contribution in [0, 0.1) is 5.82 Å². The molecular formula is C21H16FNO2. The molecule has 3 aromatic carbocycles. The van der Waals surface area contributed by atoms with Gasteiger partial charge in [0.05, 0.1) is 0 Å². The van der Waals surface area contributed by atoms with E-state index in [1.54, 1.807) is 0 Å². The Morgan fingerprint density at radius 3 is 2.32 bits per heavy atom. The van der Waals surface area contributed by atoms with Crippen molar-refractivity contribution in [3.63, 3.8) is 0 Å². The molecule has 4 heteroatoms. The van der Waals surface area contributed by atoms with Gasteiger partial charge in [-0.15, -0.1) is 0 Å². The molecule has 1 aliphatic rings. The number of para-hydroxylation sites is 1. The Morgan fingerprint density at radius 2 is 1.56 bits per heavy atom. The molecule has 4 rings (SSSR count). The Morgan fingerprint density at radius 1 is 0.880 bits per heavy atom. The van der Waals surface area contributed by atoms with Crippen molar-refractivity contribution >= 4 is 11.6 Å². The number of nitrogens with one attached hydrogen (secondary N) is 1. The Bertz CT molecular complexity index is 909. The topological polar surface area (TPSA) is 38.3 Å². The van der Waals surface area contributed by atoms with Gasteiger partial charge < -0.3 is 10.1 Å². The van der Waals surface area contributed by atoms with Gasteiger partial charge in [-0.1, -0.05) is 48.5 Å². The lowest BCUT2D eigenvalue weighted by Gasteiger charge is -2.29. The highest BCUT2D eigenvalue weighted by Gasteiger charge is 2.49. The van der Waals surface area contributed by atoms with E-state index in [0.29, 0.717) is 12.2 Å². The van der Waals surface area contributed by atoms with Crippen molar-refractivity contribution in [2.45, 2.75) is 12.0 Å². The molecule has 1 atom stereocenters. The van der Waals surface area contributed by atoms with Gasteiger partial charge in [-0.05, 0) is 35.9 Å². The second kappa shape index (κ2) is 6.06. The number of halogens is 1. The van der Waals surface area contributed by atoms with Crippen molar-refractivity contribution in [2.24, 2.45) is 0 Å². The number of rotatable bonds is 4. The van der Waals surface area contributed by atoms with Crippen molar-refractivity contribution < 1.29 is 13.9 Å². The molecule has 0 saturated carbocycles. The third-order valence-corrected chi connectivity index (χ3v) is 4.38. The van der Waals surface area contributed by atoms with Crippen molar-refractivity contribution in [2.75, 3.05) is 5.32 Å². The number of amides is 1. The standard InChI is InChI=1S/C21H16FNO2/c22-16-10-12-17(13-11-16)25-21(14-15-6-2-1-3-7-15)18-8-4-5-9-19(18)23-20(21)24/h1-13H,14H2,(H,23,24)/t21-/m1/s1. The zero-order valence-electron chi connectivity index (χ0n) is 13.4. The van der Waals surface area contributed by atoms with Crippen LogP contribution in [0.1, 0.15) is 11.1 Å². The van der Waals surface area contributed by atoms with Gasteiger partial charge in [0.25, 0.3) is 5.91 Å². The summed E-state index contributed by atoms with van der Waals surface area (Å²) in [4.78, 5) is 12.9. The monoisotopic (exact) mass is 333 g/mol. The van der Waals surface area contributed by atoms with E-state index in [9.17, 15) is 9.18 Å². The predicted molar refractivity (Wildman–Crippen MR) is 93.9 cm³/mol. The van der Waals surface area contributed by atoms with Gasteiger partial charge in [0.2, 0.25) is 5.60 Å². The quantitative estimate of drug-likeness (QED) is 0.773. The summed E-state index contributed by atoms with van der Waals surface area (Å²) in [5.41, 5.74) is 1.32. The van der Waals surface area contributed by atoms with Gasteiger partial charge in [0, 0.05) is 17.7 Å². The van der Waals surface area contributed by atoms with Gasteiger partial charge in [-0.2, -0.15) is 0 Å². The first-order valence-electron chi connectivity index (χ1n) is 8.07. The Kier molecular flexibility index (Phi) is 3.73. The average Bonchev–Trinajstić information content (AvgIpc) is 2.90. The number of hydrogen-bond acceptors (Lipinski definition) is 2. The van der Waals surface area contributed by atoms with E-state index in [2.05, 4.69) is 5.32 Å². The zero-order valence-corrected chi connectivity index (χ0v) is 13.4. The first-order chi connectivity index (χ1) is 12.2. The summed E-state index contributed by atoms with van der Waals surface area (Å²) < 4.78 is 19.4. The van der Waals surface area contributed by atoms with Gasteiger partial charge in [-0.3, -0.25) is 4.79 Å². The molecule has 124 valence electrons. The molecule has 1 heterocycles. The highest BCUT2D eigenvalue weighted by molar-refractivity contribution is 6.05. The fourth-order valence-corrected chi connectivity index (χ4v) is 3.19. The van der Waals surface area contributed by atoms with Crippen molar-refractivity contribution in [3.8, 4) is 5.75 Å². The van der Waals surface area contributed by atoms with Crippen LogP contribution in [0.4, 0.5) is 10.1 Å². The highest BCUT2D eigenvalue weighted by atomic mass is 19.1. The summed E-state index contributed by atoms with van der Waals surface area (Å²) in [6, 6.07) is 22.9. The molecule has 25 heavy (non-hydrogen) atoms. The Balaban J connectivity index is 1.81. The van der Waals surface area contributed by atoms with Crippen molar-refractivity contribution in [1.82, 2.24) is 0 Å². The SMILES string of the molecule is O=C1Nc2ccccc2[C@@]1(Cc1ccccc1)Oc1ccc(F)cc1. The maximum Gasteiger partial charge on any atom is 0.273 e.